The van der Waals surface area contributed by atoms with Gasteiger partial charge in [0.15, 0.2) is 0 Å². The molecule has 0 bridgehead atoms. The highest BCUT2D eigenvalue weighted by Crippen LogP contribution is 2.13. The molecular formula is C20H23N3O3. The van der Waals surface area contributed by atoms with Gasteiger partial charge in [-0.3, -0.25) is 9.59 Å². The summed E-state index contributed by atoms with van der Waals surface area (Å²) in [5.41, 5.74) is 4.80. The Kier molecular flexibility index (Phi) is 7.36. The van der Waals surface area contributed by atoms with E-state index in [1.807, 2.05) is 56.3 Å². The number of hydrazone groups is 1. The van der Waals surface area contributed by atoms with E-state index >= 15 is 0 Å². The van der Waals surface area contributed by atoms with Crippen molar-refractivity contribution in [2.75, 3.05) is 11.9 Å². The Morgan fingerprint density at radius 2 is 1.81 bits per heavy atom. The Morgan fingerprint density at radius 1 is 1.08 bits per heavy atom. The number of aryl methyl sites for hydroxylation is 1. The van der Waals surface area contributed by atoms with Gasteiger partial charge in [0.05, 0.1) is 12.8 Å². The van der Waals surface area contributed by atoms with Crippen LogP contribution in [0.5, 0.6) is 5.75 Å². The van der Waals surface area contributed by atoms with Crippen molar-refractivity contribution in [1.82, 2.24) is 5.43 Å². The van der Waals surface area contributed by atoms with Crippen molar-refractivity contribution in [3.05, 3.63) is 59.7 Å². The van der Waals surface area contributed by atoms with Gasteiger partial charge in [-0.15, -0.1) is 0 Å². The molecule has 0 aliphatic rings. The summed E-state index contributed by atoms with van der Waals surface area (Å²) < 4.78 is 5.50. The van der Waals surface area contributed by atoms with Crippen LogP contribution in [0.1, 0.15) is 30.9 Å². The summed E-state index contributed by atoms with van der Waals surface area (Å²) in [6, 6.07) is 14.7. The van der Waals surface area contributed by atoms with E-state index in [0.717, 1.165) is 23.3 Å². The summed E-state index contributed by atoms with van der Waals surface area (Å²) in [7, 11) is 0. The molecule has 0 aromatic heterocycles. The zero-order chi connectivity index (χ0) is 18.8. The average Bonchev–Trinajstić information content (AvgIpc) is 2.63. The van der Waals surface area contributed by atoms with E-state index in [9.17, 15) is 9.59 Å². The van der Waals surface area contributed by atoms with E-state index in [1.165, 1.54) is 6.21 Å². The van der Waals surface area contributed by atoms with Gasteiger partial charge in [0.25, 0.3) is 0 Å². The molecule has 0 spiro atoms. The number of anilines is 1. The Labute approximate surface area is 153 Å². The number of carbonyl (C=O) groups excluding carboxylic acids is 2. The molecule has 0 aliphatic carbocycles. The van der Waals surface area contributed by atoms with Crippen molar-refractivity contribution in [1.29, 1.82) is 0 Å². The molecule has 0 unspecified atom stereocenters. The molecule has 0 aliphatic heterocycles. The molecule has 0 saturated carbocycles. The lowest BCUT2D eigenvalue weighted by molar-refractivity contribution is -0.126. The summed E-state index contributed by atoms with van der Waals surface area (Å²) in [6.07, 6.45) is 2.17. The van der Waals surface area contributed by atoms with Gasteiger partial charge in [-0.05, 0) is 54.8 Å². The SMILES string of the molecule is CCCOc1ccc(C=NNC(=O)CC(=O)Nc2ccccc2C)cc1. The number of hydrogen-bond acceptors (Lipinski definition) is 4. The van der Waals surface area contributed by atoms with Crippen LogP contribution in [0.4, 0.5) is 5.69 Å². The minimum Gasteiger partial charge on any atom is -0.494 e. The van der Waals surface area contributed by atoms with Crippen molar-refractivity contribution in [3.8, 4) is 5.75 Å². The van der Waals surface area contributed by atoms with Gasteiger partial charge in [-0.2, -0.15) is 5.10 Å². The monoisotopic (exact) mass is 353 g/mol. The quantitative estimate of drug-likeness (QED) is 0.434. The number of hydrogen-bond donors (Lipinski definition) is 2. The first kappa shape index (κ1) is 19.2. The molecule has 2 rings (SSSR count). The predicted molar refractivity (Wildman–Crippen MR) is 102 cm³/mol. The second-order valence-corrected chi connectivity index (χ2v) is 5.75. The zero-order valence-electron chi connectivity index (χ0n) is 15.0. The van der Waals surface area contributed by atoms with E-state index < -0.39 is 5.91 Å². The standard InChI is InChI=1S/C20H23N3O3/c1-3-12-26-17-10-8-16(9-11-17)14-21-23-20(25)13-19(24)22-18-7-5-4-6-15(18)2/h4-11,14H,3,12-13H2,1-2H3,(H,22,24)(H,23,25). The number of para-hydroxylation sites is 1. The molecule has 6 nitrogen and oxygen atoms in total. The van der Waals surface area contributed by atoms with Gasteiger partial charge >= 0.3 is 0 Å². The average molecular weight is 353 g/mol. The lowest BCUT2D eigenvalue weighted by Crippen LogP contribution is -2.24. The number of ether oxygens (including phenoxy) is 1. The molecule has 2 N–H and O–H groups in total. The van der Waals surface area contributed by atoms with Crippen LogP contribution in [-0.4, -0.2) is 24.6 Å². The maximum absolute atomic E-state index is 11.9. The molecule has 0 heterocycles. The first-order valence-electron chi connectivity index (χ1n) is 8.48. The van der Waals surface area contributed by atoms with Crippen LogP contribution in [-0.2, 0) is 9.59 Å². The van der Waals surface area contributed by atoms with E-state index in [2.05, 4.69) is 15.8 Å². The molecule has 2 aromatic rings. The first-order valence-corrected chi connectivity index (χ1v) is 8.48. The summed E-state index contributed by atoms with van der Waals surface area (Å²) in [5.74, 6) is -0.0689. The van der Waals surface area contributed by atoms with Gasteiger partial charge in [0.2, 0.25) is 11.8 Å². The van der Waals surface area contributed by atoms with Crippen LogP contribution in [0.15, 0.2) is 53.6 Å². The lowest BCUT2D eigenvalue weighted by Gasteiger charge is -2.07. The lowest BCUT2D eigenvalue weighted by atomic mass is 10.2. The van der Waals surface area contributed by atoms with Gasteiger partial charge in [-0.25, -0.2) is 5.43 Å². The minimum absolute atomic E-state index is 0.296. The van der Waals surface area contributed by atoms with Crippen LogP contribution < -0.4 is 15.5 Å². The second kappa shape index (κ2) is 9.98. The molecule has 0 atom stereocenters. The third-order valence-electron chi connectivity index (χ3n) is 3.50. The molecule has 2 aromatic carbocycles. The van der Waals surface area contributed by atoms with E-state index in [4.69, 9.17) is 4.74 Å². The van der Waals surface area contributed by atoms with Crippen LogP contribution in [0.2, 0.25) is 0 Å². The number of benzene rings is 2. The molecule has 136 valence electrons. The van der Waals surface area contributed by atoms with Crippen molar-refractivity contribution >= 4 is 23.7 Å². The van der Waals surface area contributed by atoms with Crippen molar-refractivity contribution in [3.63, 3.8) is 0 Å². The number of nitrogens with zero attached hydrogens (tertiary/aromatic N) is 1. The summed E-state index contributed by atoms with van der Waals surface area (Å²) in [6.45, 7) is 4.61. The molecule has 6 heteroatoms. The summed E-state index contributed by atoms with van der Waals surface area (Å²) in [5, 5.41) is 6.57. The fourth-order valence-corrected chi connectivity index (χ4v) is 2.14. The fourth-order valence-electron chi connectivity index (χ4n) is 2.14. The Hall–Kier alpha value is -3.15. The van der Waals surface area contributed by atoms with Gasteiger partial charge in [0, 0.05) is 5.69 Å². The summed E-state index contributed by atoms with van der Waals surface area (Å²) in [4.78, 5) is 23.7. The van der Waals surface area contributed by atoms with E-state index in [-0.39, 0.29) is 12.3 Å². The van der Waals surface area contributed by atoms with Gasteiger partial charge < -0.3 is 10.1 Å². The minimum atomic E-state index is -0.477. The van der Waals surface area contributed by atoms with Gasteiger partial charge in [0.1, 0.15) is 12.2 Å². The van der Waals surface area contributed by atoms with E-state index in [0.29, 0.717) is 12.3 Å². The number of amides is 2. The Bertz CT molecular complexity index is 770. The highest BCUT2D eigenvalue weighted by molar-refractivity contribution is 6.04. The maximum Gasteiger partial charge on any atom is 0.249 e. The van der Waals surface area contributed by atoms with Gasteiger partial charge in [-0.1, -0.05) is 25.1 Å². The Balaban J connectivity index is 1.78. The topological polar surface area (TPSA) is 79.8 Å². The van der Waals surface area contributed by atoms with Crippen LogP contribution in [0, 0.1) is 6.92 Å². The van der Waals surface area contributed by atoms with Crippen molar-refractivity contribution in [2.45, 2.75) is 26.7 Å². The zero-order valence-corrected chi connectivity index (χ0v) is 15.0. The molecule has 2 amide bonds. The third-order valence-corrected chi connectivity index (χ3v) is 3.50. The molecule has 26 heavy (non-hydrogen) atoms. The predicted octanol–water partition coefficient (Wildman–Crippen LogP) is 3.26. The number of nitrogens with one attached hydrogen (secondary N) is 2. The normalized spacial score (nSPS) is 10.5. The Morgan fingerprint density at radius 3 is 2.50 bits per heavy atom. The fraction of sp³-hybridized carbons (Fsp3) is 0.250. The number of rotatable bonds is 8. The van der Waals surface area contributed by atoms with Crippen LogP contribution in [0.25, 0.3) is 0 Å². The molecule has 0 radical (unpaired) electrons. The second-order valence-electron chi connectivity index (χ2n) is 5.75. The van der Waals surface area contributed by atoms with Crippen LogP contribution in [0.3, 0.4) is 0 Å². The van der Waals surface area contributed by atoms with Crippen molar-refractivity contribution in [2.24, 2.45) is 5.10 Å². The highest BCUT2D eigenvalue weighted by Gasteiger charge is 2.09. The molecule has 0 fully saturated rings. The summed E-state index contributed by atoms with van der Waals surface area (Å²) >= 11 is 0. The largest absolute Gasteiger partial charge is 0.494 e. The third kappa shape index (κ3) is 6.39. The first-order chi connectivity index (χ1) is 12.6. The molecule has 0 saturated heterocycles. The smallest absolute Gasteiger partial charge is 0.249 e. The number of carbonyl (C=O) groups is 2. The van der Waals surface area contributed by atoms with E-state index in [1.54, 1.807) is 6.07 Å². The van der Waals surface area contributed by atoms with Crippen LogP contribution >= 0.6 is 0 Å². The molecular weight excluding hydrogens is 330 g/mol. The highest BCUT2D eigenvalue weighted by atomic mass is 16.5. The van der Waals surface area contributed by atoms with Crippen molar-refractivity contribution < 1.29 is 14.3 Å². The maximum atomic E-state index is 11.9.